The highest BCUT2D eigenvalue weighted by Gasteiger charge is 2.15. The number of esters is 1. The molecule has 0 saturated heterocycles. The number of rotatable bonds is 7. The summed E-state index contributed by atoms with van der Waals surface area (Å²) < 4.78 is 10.9. The Balaban J connectivity index is 2.19. The van der Waals surface area contributed by atoms with Crippen LogP contribution in [0.1, 0.15) is 40.1 Å². The highest BCUT2D eigenvalue weighted by Crippen LogP contribution is 2.23. The van der Waals surface area contributed by atoms with Gasteiger partial charge in [-0.3, -0.25) is 4.79 Å². The monoisotopic (exact) mass is 345 g/mol. The van der Waals surface area contributed by atoms with Gasteiger partial charge in [0.1, 0.15) is 17.4 Å². The number of pyridine rings is 1. The maximum atomic E-state index is 12.3. The number of benzene rings is 1. The van der Waals surface area contributed by atoms with Gasteiger partial charge in [0.2, 0.25) is 0 Å². The average molecular weight is 345 g/mol. The molecule has 0 fully saturated rings. The number of carbonyl (C=O) groups excluding carboxylic acids is 2. The number of hydrogen-bond acceptors (Lipinski definition) is 6. The van der Waals surface area contributed by atoms with E-state index in [-0.39, 0.29) is 12.4 Å². The molecule has 0 unspecified atom stereocenters. The first kappa shape index (κ1) is 18.0. The maximum Gasteiger partial charge on any atom is 0.341 e. The number of nitrogens with zero attached hydrogens (tertiary/aromatic N) is 1. The van der Waals surface area contributed by atoms with Crippen molar-refractivity contribution >= 4 is 23.5 Å². The molecule has 0 saturated carbocycles. The predicted octanol–water partition coefficient (Wildman–Crippen LogP) is 3.76. The average Bonchev–Trinajstić information content (AvgIpc) is 2.60. The van der Waals surface area contributed by atoms with Crippen LogP contribution in [0.4, 0.5) is 0 Å². The Morgan fingerprint density at radius 1 is 1.25 bits per heavy atom. The van der Waals surface area contributed by atoms with Crippen LogP contribution >= 0.6 is 11.8 Å². The van der Waals surface area contributed by atoms with Crippen molar-refractivity contribution < 1.29 is 19.1 Å². The van der Waals surface area contributed by atoms with Gasteiger partial charge in [-0.05, 0) is 50.4 Å². The SMILES string of the molecule is CCOc1ccc(C(C)=O)cc1COC(=O)c1cccnc1SC. The van der Waals surface area contributed by atoms with Crippen molar-refractivity contribution in [1.82, 2.24) is 4.98 Å². The lowest BCUT2D eigenvalue weighted by molar-refractivity contribution is 0.0464. The van der Waals surface area contributed by atoms with E-state index in [0.717, 1.165) is 0 Å². The van der Waals surface area contributed by atoms with E-state index in [9.17, 15) is 9.59 Å². The van der Waals surface area contributed by atoms with E-state index in [0.29, 0.717) is 34.1 Å². The molecule has 0 atom stereocenters. The Labute approximate surface area is 145 Å². The standard InChI is InChI=1S/C18H19NO4S/c1-4-22-16-8-7-13(12(2)20)10-14(16)11-23-18(21)15-6-5-9-19-17(15)24-3/h5-10H,4,11H2,1-3H3. The zero-order valence-electron chi connectivity index (χ0n) is 13.9. The van der Waals surface area contributed by atoms with Crippen LogP contribution < -0.4 is 4.74 Å². The molecule has 24 heavy (non-hydrogen) atoms. The Morgan fingerprint density at radius 3 is 2.71 bits per heavy atom. The van der Waals surface area contributed by atoms with E-state index < -0.39 is 5.97 Å². The van der Waals surface area contributed by atoms with Crippen LogP contribution in [0.2, 0.25) is 0 Å². The number of ether oxygens (including phenoxy) is 2. The topological polar surface area (TPSA) is 65.5 Å². The number of carbonyl (C=O) groups is 2. The zero-order chi connectivity index (χ0) is 17.5. The third-order valence-electron chi connectivity index (χ3n) is 3.31. The Kier molecular flexibility index (Phi) is 6.37. The second kappa shape index (κ2) is 8.49. The van der Waals surface area contributed by atoms with Gasteiger partial charge in [-0.15, -0.1) is 11.8 Å². The molecule has 126 valence electrons. The first-order valence-electron chi connectivity index (χ1n) is 7.49. The molecule has 1 heterocycles. The van der Waals surface area contributed by atoms with Crippen molar-refractivity contribution in [1.29, 1.82) is 0 Å². The molecule has 0 N–H and O–H groups in total. The molecule has 0 spiro atoms. The van der Waals surface area contributed by atoms with Crippen LogP contribution in [0.15, 0.2) is 41.6 Å². The molecule has 1 aromatic carbocycles. The largest absolute Gasteiger partial charge is 0.493 e. The highest BCUT2D eigenvalue weighted by molar-refractivity contribution is 7.98. The molecule has 0 aliphatic heterocycles. The Morgan fingerprint density at radius 2 is 2.04 bits per heavy atom. The predicted molar refractivity (Wildman–Crippen MR) is 92.8 cm³/mol. The quantitative estimate of drug-likeness (QED) is 0.432. The van der Waals surface area contributed by atoms with Gasteiger partial charge in [-0.1, -0.05) is 0 Å². The summed E-state index contributed by atoms with van der Waals surface area (Å²) in [6.45, 7) is 3.87. The van der Waals surface area contributed by atoms with Crippen molar-refractivity contribution in [2.45, 2.75) is 25.5 Å². The summed E-state index contributed by atoms with van der Waals surface area (Å²) in [6.07, 6.45) is 3.48. The maximum absolute atomic E-state index is 12.3. The summed E-state index contributed by atoms with van der Waals surface area (Å²) in [4.78, 5) is 28.0. The van der Waals surface area contributed by atoms with Gasteiger partial charge in [0.05, 0.1) is 12.2 Å². The van der Waals surface area contributed by atoms with E-state index in [1.165, 1.54) is 18.7 Å². The fourth-order valence-corrected chi connectivity index (χ4v) is 2.67. The number of thioether (sulfide) groups is 1. The summed E-state index contributed by atoms with van der Waals surface area (Å²) in [5.41, 5.74) is 1.63. The summed E-state index contributed by atoms with van der Waals surface area (Å²) in [5.74, 6) is 0.0947. The summed E-state index contributed by atoms with van der Waals surface area (Å²) >= 11 is 1.38. The van der Waals surface area contributed by atoms with Gasteiger partial charge in [0.15, 0.2) is 5.78 Å². The Hall–Kier alpha value is -2.34. The van der Waals surface area contributed by atoms with Crippen molar-refractivity contribution in [2.75, 3.05) is 12.9 Å². The number of hydrogen-bond donors (Lipinski definition) is 0. The van der Waals surface area contributed by atoms with E-state index in [2.05, 4.69) is 4.98 Å². The molecular formula is C18H19NO4S. The van der Waals surface area contributed by atoms with Crippen LogP contribution in [0.5, 0.6) is 5.75 Å². The van der Waals surface area contributed by atoms with Crippen molar-refractivity contribution in [2.24, 2.45) is 0 Å². The molecule has 5 nitrogen and oxygen atoms in total. The van der Waals surface area contributed by atoms with Gasteiger partial charge in [0.25, 0.3) is 0 Å². The molecule has 0 amide bonds. The molecule has 0 aliphatic rings. The van der Waals surface area contributed by atoms with Crippen LogP contribution in [-0.4, -0.2) is 29.6 Å². The van der Waals surface area contributed by atoms with Gasteiger partial charge in [-0.2, -0.15) is 0 Å². The minimum Gasteiger partial charge on any atom is -0.493 e. The molecule has 2 aromatic rings. The molecule has 0 bridgehead atoms. The summed E-state index contributed by atoms with van der Waals surface area (Å²) in [6, 6.07) is 8.49. The van der Waals surface area contributed by atoms with E-state index in [1.54, 1.807) is 36.5 Å². The second-order valence-corrected chi connectivity index (χ2v) is 5.74. The minimum atomic E-state index is -0.455. The molecule has 0 aliphatic carbocycles. The smallest absolute Gasteiger partial charge is 0.341 e. The van der Waals surface area contributed by atoms with E-state index in [1.807, 2.05) is 13.2 Å². The number of aromatic nitrogens is 1. The fourth-order valence-electron chi connectivity index (χ4n) is 2.14. The van der Waals surface area contributed by atoms with Gasteiger partial charge in [0, 0.05) is 17.3 Å². The third kappa shape index (κ3) is 4.35. The van der Waals surface area contributed by atoms with Crippen molar-refractivity contribution in [3.63, 3.8) is 0 Å². The van der Waals surface area contributed by atoms with Gasteiger partial charge in [-0.25, -0.2) is 9.78 Å². The van der Waals surface area contributed by atoms with E-state index >= 15 is 0 Å². The number of Topliss-reactive ketones (excluding diaryl/α,β-unsaturated/α-hetero) is 1. The van der Waals surface area contributed by atoms with Crippen LogP contribution in [0.3, 0.4) is 0 Å². The lowest BCUT2D eigenvalue weighted by Crippen LogP contribution is -2.09. The first-order valence-corrected chi connectivity index (χ1v) is 8.72. The fraction of sp³-hybridized carbons (Fsp3) is 0.278. The minimum absolute atomic E-state index is 0.0258. The Bertz CT molecular complexity index is 746. The number of ketones is 1. The lowest BCUT2D eigenvalue weighted by atomic mass is 10.1. The summed E-state index contributed by atoms with van der Waals surface area (Å²) in [5, 5.41) is 0.616. The van der Waals surface area contributed by atoms with Gasteiger partial charge < -0.3 is 9.47 Å². The highest BCUT2D eigenvalue weighted by atomic mass is 32.2. The first-order chi connectivity index (χ1) is 11.6. The third-order valence-corrected chi connectivity index (χ3v) is 4.02. The summed E-state index contributed by atoms with van der Waals surface area (Å²) in [7, 11) is 0. The van der Waals surface area contributed by atoms with Crippen LogP contribution in [0.25, 0.3) is 0 Å². The molecule has 2 rings (SSSR count). The van der Waals surface area contributed by atoms with Crippen molar-refractivity contribution in [3.05, 3.63) is 53.2 Å². The lowest BCUT2D eigenvalue weighted by Gasteiger charge is -2.12. The molecule has 6 heteroatoms. The normalized spacial score (nSPS) is 10.3. The van der Waals surface area contributed by atoms with Crippen LogP contribution in [0, 0.1) is 0 Å². The molecule has 0 radical (unpaired) electrons. The molecular weight excluding hydrogens is 326 g/mol. The molecule has 1 aromatic heterocycles. The van der Waals surface area contributed by atoms with E-state index in [4.69, 9.17) is 9.47 Å². The van der Waals surface area contributed by atoms with Crippen LogP contribution in [-0.2, 0) is 11.3 Å². The van der Waals surface area contributed by atoms with Crippen molar-refractivity contribution in [3.8, 4) is 5.75 Å². The zero-order valence-corrected chi connectivity index (χ0v) is 14.7. The van der Waals surface area contributed by atoms with Gasteiger partial charge >= 0.3 is 5.97 Å². The second-order valence-electron chi connectivity index (χ2n) is 4.95.